The molecular formula is C16H20OY-2. The third-order valence-electron chi connectivity index (χ3n) is 1.54. The summed E-state index contributed by atoms with van der Waals surface area (Å²) < 4.78 is 0. The number of allylic oxidation sites excluding steroid dienone is 9. The Labute approximate surface area is 137 Å². The van der Waals surface area contributed by atoms with E-state index in [-0.39, 0.29) is 38.5 Å². The number of Topliss-reactive ketones (excluding diaryl/α,β-unsaturated/α-hetero) is 1. The first-order chi connectivity index (χ1) is 8.21. The molecule has 0 aromatic rings. The molecule has 0 rings (SSSR count). The molecule has 0 aliphatic carbocycles. The summed E-state index contributed by atoms with van der Waals surface area (Å²) in [6, 6.07) is 0. The van der Waals surface area contributed by atoms with Gasteiger partial charge >= 0.3 is 0 Å². The molecule has 0 spiro atoms. The molecule has 0 aliphatic heterocycles. The topological polar surface area (TPSA) is 17.1 Å². The number of carbonyl (C=O) groups excluding carboxylic acids is 1. The predicted octanol–water partition coefficient (Wildman–Crippen LogP) is 4.17. The molecular weight excluding hydrogens is 297 g/mol. The van der Waals surface area contributed by atoms with E-state index in [1.165, 1.54) is 18.2 Å². The molecule has 1 radical (unpaired) electrons. The van der Waals surface area contributed by atoms with Gasteiger partial charge in [-0.1, -0.05) is 20.8 Å². The Bertz CT molecular complexity index is 357. The average Bonchev–Trinajstić information content (AvgIpc) is 2.37. The zero-order valence-corrected chi connectivity index (χ0v) is 14.3. The van der Waals surface area contributed by atoms with E-state index < -0.39 is 0 Å². The minimum Gasteiger partial charge on any atom is -0.348 e. The molecule has 18 heavy (non-hydrogen) atoms. The van der Waals surface area contributed by atoms with Gasteiger partial charge in [0.05, 0.1) is 5.78 Å². The maximum absolute atomic E-state index is 11.8. The number of hydrogen-bond acceptors (Lipinski definition) is 1. The van der Waals surface area contributed by atoms with Gasteiger partial charge in [-0.25, -0.2) is 0 Å². The zero-order chi connectivity index (χ0) is 13.7. The third-order valence-corrected chi connectivity index (χ3v) is 1.54. The van der Waals surface area contributed by atoms with Crippen molar-refractivity contribution in [2.24, 2.45) is 0 Å². The van der Waals surface area contributed by atoms with E-state index >= 15 is 0 Å². The summed E-state index contributed by atoms with van der Waals surface area (Å²) in [6.07, 6.45) is 13.2. The first-order valence-corrected chi connectivity index (χ1v) is 5.49. The van der Waals surface area contributed by atoms with Crippen molar-refractivity contribution >= 4 is 5.78 Å². The van der Waals surface area contributed by atoms with Gasteiger partial charge in [0.2, 0.25) is 0 Å². The van der Waals surface area contributed by atoms with Crippen molar-refractivity contribution in [2.75, 3.05) is 0 Å². The maximum atomic E-state index is 11.8. The van der Waals surface area contributed by atoms with Crippen molar-refractivity contribution in [2.45, 2.75) is 20.8 Å². The molecule has 95 valence electrons. The van der Waals surface area contributed by atoms with Gasteiger partial charge in [-0.05, 0) is 0 Å². The molecule has 0 aliphatic rings. The SMILES string of the molecule is C=C[C-]=C(C=C)C(=O)C(=[C-]C=C)/C=C\C.CC.[Y]. The van der Waals surface area contributed by atoms with Gasteiger partial charge in [0, 0.05) is 32.7 Å². The van der Waals surface area contributed by atoms with E-state index in [0.717, 1.165) is 0 Å². The minimum absolute atomic E-state index is 0. The van der Waals surface area contributed by atoms with Crippen LogP contribution in [0.1, 0.15) is 20.8 Å². The second-order valence-electron chi connectivity index (χ2n) is 2.56. The van der Waals surface area contributed by atoms with Crippen molar-refractivity contribution in [3.63, 3.8) is 0 Å². The first kappa shape index (κ1) is 22.4. The summed E-state index contributed by atoms with van der Waals surface area (Å²) in [7, 11) is 0. The van der Waals surface area contributed by atoms with Gasteiger partial charge in [0.15, 0.2) is 0 Å². The van der Waals surface area contributed by atoms with Crippen molar-refractivity contribution in [3.8, 4) is 0 Å². The summed E-state index contributed by atoms with van der Waals surface area (Å²) >= 11 is 0. The summed E-state index contributed by atoms with van der Waals surface area (Å²) in [5.74, 6) is -0.192. The van der Waals surface area contributed by atoms with Gasteiger partial charge in [-0.2, -0.15) is 25.3 Å². The van der Waals surface area contributed by atoms with Crippen molar-refractivity contribution in [3.05, 3.63) is 73.4 Å². The van der Waals surface area contributed by atoms with Crippen LogP contribution >= 0.6 is 0 Å². The molecule has 0 saturated heterocycles. The number of carbonyl (C=O) groups is 1. The van der Waals surface area contributed by atoms with E-state index in [1.807, 2.05) is 20.8 Å². The fraction of sp³-hybridized carbons (Fsp3) is 0.188. The number of rotatable bonds is 6. The fourth-order valence-electron chi connectivity index (χ4n) is 0.938. The predicted molar refractivity (Wildman–Crippen MR) is 75.3 cm³/mol. The second kappa shape index (κ2) is 16.2. The van der Waals surface area contributed by atoms with E-state index in [0.29, 0.717) is 11.1 Å². The zero-order valence-electron chi connectivity index (χ0n) is 11.5. The summed E-state index contributed by atoms with van der Waals surface area (Å²) in [6.45, 7) is 16.4. The van der Waals surface area contributed by atoms with Crippen LogP contribution in [-0.2, 0) is 37.5 Å². The van der Waals surface area contributed by atoms with Crippen LogP contribution in [0.4, 0.5) is 0 Å². The van der Waals surface area contributed by atoms with Crippen LogP contribution in [0.25, 0.3) is 0 Å². The molecule has 0 fully saturated rings. The Morgan fingerprint density at radius 1 is 1.00 bits per heavy atom. The second-order valence-corrected chi connectivity index (χ2v) is 2.56. The summed E-state index contributed by atoms with van der Waals surface area (Å²) in [4.78, 5) is 11.8. The van der Waals surface area contributed by atoms with Gasteiger partial charge in [-0.15, -0.1) is 48.1 Å². The monoisotopic (exact) mass is 317 g/mol. The Hall–Kier alpha value is -0.786. The van der Waals surface area contributed by atoms with Crippen LogP contribution in [0.2, 0.25) is 0 Å². The van der Waals surface area contributed by atoms with Crippen LogP contribution in [-0.4, -0.2) is 5.78 Å². The van der Waals surface area contributed by atoms with E-state index in [1.54, 1.807) is 12.2 Å². The Morgan fingerprint density at radius 3 is 1.78 bits per heavy atom. The Morgan fingerprint density at radius 2 is 1.44 bits per heavy atom. The van der Waals surface area contributed by atoms with E-state index in [2.05, 4.69) is 31.9 Å². The van der Waals surface area contributed by atoms with Crippen LogP contribution in [0, 0.1) is 12.2 Å². The standard InChI is InChI=1S/C14H14O.C2H6.Y/c1-5-9-12(8-4)14(15)13(10-6-2)11-7-3;1-2;/h5-8,11H,1-2,4H2,3H3;1-2H3;/q-2;;/b11-7-;;. The molecule has 0 aromatic heterocycles. The molecule has 0 heterocycles. The van der Waals surface area contributed by atoms with Crippen LogP contribution in [0.3, 0.4) is 0 Å². The molecule has 2 heteroatoms. The van der Waals surface area contributed by atoms with Crippen molar-refractivity contribution < 1.29 is 37.5 Å². The smallest absolute Gasteiger partial charge is 0.0895 e. The molecule has 0 amide bonds. The molecule has 0 atom stereocenters. The largest absolute Gasteiger partial charge is 0.348 e. The van der Waals surface area contributed by atoms with Gasteiger partial charge < -0.3 is 4.79 Å². The van der Waals surface area contributed by atoms with Crippen LogP contribution < -0.4 is 0 Å². The summed E-state index contributed by atoms with van der Waals surface area (Å²) in [5.41, 5.74) is 0.796. The average molecular weight is 317 g/mol. The quantitative estimate of drug-likeness (QED) is 0.408. The van der Waals surface area contributed by atoms with Crippen molar-refractivity contribution in [1.29, 1.82) is 0 Å². The first-order valence-electron chi connectivity index (χ1n) is 5.49. The van der Waals surface area contributed by atoms with E-state index in [9.17, 15) is 4.79 Å². The van der Waals surface area contributed by atoms with Gasteiger partial charge in [-0.3, -0.25) is 0 Å². The summed E-state index contributed by atoms with van der Waals surface area (Å²) in [5, 5.41) is 0. The third kappa shape index (κ3) is 9.27. The Kier molecular flexibility index (Phi) is 20.2. The molecule has 0 N–H and O–H groups in total. The fourth-order valence-corrected chi connectivity index (χ4v) is 0.938. The van der Waals surface area contributed by atoms with Crippen LogP contribution in [0.5, 0.6) is 0 Å². The maximum Gasteiger partial charge on any atom is 0.0895 e. The van der Waals surface area contributed by atoms with Crippen LogP contribution in [0.15, 0.2) is 61.3 Å². The van der Waals surface area contributed by atoms with E-state index in [4.69, 9.17) is 0 Å². The molecule has 0 unspecified atom stereocenters. The normalized spacial score (nSPS) is 10.8. The van der Waals surface area contributed by atoms with Crippen molar-refractivity contribution in [1.82, 2.24) is 0 Å². The molecule has 0 saturated carbocycles. The molecule has 0 bridgehead atoms. The van der Waals surface area contributed by atoms with Gasteiger partial charge in [0.25, 0.3) is 0 Å². The Balaban J connectivity index is -0.000000709. The van der Waals surface area contributed by atoms with Gasteiger partial charge in [0.1, 0.15) is 0 Å². The molecule has 0 aromatic carbocycles. The molecule has 1 nitrogen and oxygen atoms in total. The number of hydrogen-bond donors (Lipinski definition) is 0. The number of ketones is 1. The minimum atomic E-state index is -0.192.